The summed E-state index contributed by atoms with van der Waals surface area (Å²) in [6, 6.07) is 0.184. The number of amides is 2. The van der Waals surface area contributed by atoms with Crippen LogP contribution in [0.3, 0.4) is 0 Å². The van der Waals surface area contributed by atoms with Gasteiger partial charge in [0.25, 0.3) is 0 Å². The maximum atomic E-state index is 11.5. The maximum Gasteiger partial charge on any atom is 0.236 e. The summed E-state index contributed by atoms with van der Waals surface area (Å²) in [7, 11) is 3.50. The van der Waals surface area contributed by atoms with Gasteiger partial charge in [0.15, 0.2) is 0 Å². The highest BCUT2D eigenvalue weighted by Crippen LogP contribution is 1.93. The summed E-state index contributed by atoms with van der Waals surface area (Å²) in [5, 5.41) is 2.85. The van der Waals surface area contributed by atoms with Gasteiger partial charge in [-0.05, 0) is 20.8 Å². The summed E-state index contributed by atoms with van der Waals surface area (Å²) >= 11 is 0. The van der Waals surface area contributed by atoms with Gasteiger partial charge in [0.2, 0.25) is 11.8 Å². The number of rotatable bonds is 6. The molecular weight excluding hydrogens is 206 g/mol. The van der Waals surface area contributed by atoms with Crippen molar-refractivity contribution in [3.63, 3.8) is 0 Å². The summed E-state index contributed by atoms with van der Waals surface area (Å²) < 4.78 is 0. The topological polar surface area (TPSA) is 52.7 Å². The Balaban J connectivity index is 3.82. The van der Waals surface area contributed by atoms with Crippen LogP contribution in [0.2, 0.25) is 0 Å². The van der Waals surface area contributed by atoms with Crippen molar-refractivity contribution in [3.05, 3.63) is 0 Å². The molecule has 0 radical (unpaired) electrons. The van der Waals surface area contributed by atoms with Crippen LogP contribution < -0.4 is 5.32 Å². The zero-order valence-electron chi connectivity index (χ0n) is 10.9. The van der Waals surface area contributed by atoms with Crippen molar-refractivity contribution in [2.45, 2.75) is 26.8 Å². The molecule has 0 bridgehead atoms. The molecule has 0 spiro atoms. The molecule has 16 heavy (non-hydrogen) atoms. The van der Waals surface area contributed by atoms with E-state index in [0.29, 0.717) is 6.54 Å². The SMILES string of the molecule is CCN(C)C(=O)CNCC(=O)N(C)C(C)C. The van der Waals surface area contributed by atoms with Gasteiger partial charge in [-0.15, -0.1) is 0 Å². The smallest absolute Gasteiger partial charge is 0.236 e. The third-order valence-electron chi connectivity index (χ3n) is 2.62. The quantitative estimate of drug-likeness (QED) is 0.693. The number of nitrogens with one attached hydrogen (secondary N) is 1. The van der Waals surface area contributed by atoms with Crippen LogP contribution in [0.25, 0.3) is 0 Å². The van der Waals surface area contributed by atoms with Crippen molar-refractivity contribution in [2.75, 3.05) is 33.7 Å². The summed E-state index contributed by atoms with van der Waals surface area (Å²) in [4.78, 5) is 26.2. The van der Waals surface area contributed by atoms with Crippen molar-refractivity contribution in [3.8, 4) is 0 Å². The maximum absolute atomic E-state index is 11.5. The Morgan fingerprint density at radius 1 is 1.12 bits per heavy atom. The van der Waals surface area contributed by atoms with Crippen molar-refractivity contribution in [2.24, 2.45) is 0 Å². The van der Waals surface area contributed by atoms with Gasteiger partial charge in [0.1, 0.15) is 0 Å². The Bertz CT molecular complexity index is 241. The lowest BCUT2D eigenvalue weighted by molar-refractivity contribution is -0.131. The highest BCUT2D eigenvalue weighted by Gasteiger charge is 2.12. The van der Waals surface area contributed by atoms with Crippen molar-refractivity contribution >= 4 is 11.8 Å². The van der Waals surface area contributed by atoms with Crippen LogP contribution in [-0.2, 0) is 9.59 Å². The second-order valence-corrected chi connectivity index (χ2v) is 4.11. The van der Waals surface area contributed by atoms with E-state index in [2.05, 4.69) is 5.32 Å². The summed E-state index contributed by atoms with van der Waals surface area (Å²) in [6.45, 7) is 6.91. The van der Waals surface area contributed by atoms with Crippen LogP contribution in [0.1, 0.15) is 20.8 Å². The van der Waals surface area contributed by atoms with Crippen LogP contribution >= 0.6 is 0 Å². The monoisotopic (exact) mass is 229 g/mol. The second-order valence-electron chi connectivity index (χ2n) is 4.11. The standard InChI is InChI=1S/C11H23N3O2/c1-6-13(4)10(15)7-12-8-11(16)14(5)9(2)3/h9,12H,6-8H2,1-5H3. The molecule has 0 fully saturated rings. The van der Waals surface area contributed by atoms with Crippen LogP contribution in [0.5, 0.6) is 0 Å². The molecule has 0 aliphatic heterocycles. The molecule has 0 aromatic heterocycles. The third kappa shape index (κ3) is 5.11. The molecule has 94 valence electrons. The molecule has 0 heterocycles. The van der Waals surface area contributed by atoms with Crippen molar-refractivity contribution < 1.29 is 9.59 Å². The van der Waals surface area contributed by atoms with E-state index in [-0.39, 0.29) is 30.9 Å². The summed E-state index contributed by atoms with van der Waals surface area (Å²) in [5.41, 5.74) is 0. The largest absolute Gasteiger partial charge is 0.345 e. The predicted molar refractivity (Wildman–Crippen MR) is 64.1 cm³/mol. The first-order chi connectivity index (χ1) is 7.40. The van der Waals surface area contributed by atoms with E-state index in [9.17, 15) is 9.59 Å². The molecule has 0 saturated heterocycles. The van der Waals surface area contributed by atoms with Gasteiger partial charge in [-0.1, -0.05) is 0 Å². The molecule has 0 aliphatic carbocycles. The highest BCUT2D eigenvalue weighted by atomic mass is 16.2. The van der Waals surface area contributed by atoms with Crippen LogP contribution in [0.15, 0.2) is 0 Å². The molecule has 1 N–H and O–H groups in total. The number of likely N-dealkylation sites (N-methyl/N-ethyl adjacent to an activating group) is 2. The van der Waals surface area contributed by atoms with Crippen molar-refractivity contribution in [1.82, 2.24) is 15.1 Å². The third-order valence-corrected chi connectivity index (χ3v) is 2.62. The first-order valence-corrected chi connectivity index (χ1v) is 5.60. The van der Waals surface area contributed by atoms with Crippen LogP contribution in [0, 0.1) is 0 Å². The Hall–Kier alpha value is -1.10. The first-order valence-electron chi connectivity index (χ1n) is 5.60. The van der Waals surface area contributed by atoms with Crippen LogP contribution in [0.4, 0.5) is 0 Å². The minimum absolute atomic E-state index is 0.00181. The molecule has 0 atom stereocenters. The second kappa shape index (κ2) is 7.22. The minimum atomic E-state index is 0.00181. The fraction of sp³-hybridized carbons (Fsp3) is 0.818. The Labute approximate surface area is 97.8 Å². The molecule has 0 aromatic rings. The van der Waals surface area contributed by atoms with E-state index >= 15 is 0 Å². The molecule has 0 saturated carbocycles. The van der Waals surface area contributed by atoms with Crippen LogP contribution in [-0.4, -0.2) is 61.4 Å². The van der Waals surface area contributed by atoms with Gasteiger partial charge in [0, 0.05) is 26.7 Å². The molecule has 5 nitrogen and oxygen atoms in total. The number of carbonyl (C=O) groups is 2. The average molecular weight is 229 g/mol. The molecule has 0 unspecified atom stereocenters. The average Bonchev–Trinajstić information content (AvgIpc) is 2.26. The lowest BCUT2D eigenvalue weighted by Gasteiger charge is -2.22. The van der Waals surface area contributed by atoms with Gasteiger partial charge < -0.3 is 9.80 Å². The molecule has 0 rings (SSSR count). The van der Waals surface area contributed by atoms with E-state index in [0.717, 1.165) is 0 Å². The zero-order valence-corrected chi connectivity index (χ0v) is 10.9. The number of hydrogen-bond donors (Lipinski definition) is 1. The molecule has 0 aliphatic rings. The Morgan fingerprint density at radius 2 is 1.62 bits per heavy atom. The summed E-state index contributed by atoms with van der Waals surface area (Å²) in [6.07, 6.45) is 0. The number of carbonyl (C=O) groups excluding carboxylic acids is 2. The highest BCUT2D eigenvalue weighted by molar-refractivity contribution is 5.81. The van der Waals surface area contributed by atoms with Crippen molar-refractivity contribution in [1.29, 1.82) is 0 Å². The Morgan fingerprint density at radius 3 is 2.06 bits per heavy atom. The van der Waals surface area contributed by atoms with E-state index in [1.807, 2.05) is 20.8 Å². The minimum Gasteiger partial charge on any atom is -0.345 e. The fourth-order valence-electron chi connectivity index (χ4n) is 1.00. The zero-order chi connectivity index (χ0) is 12.7. The Kier molecular flexibility index (Phi) is 6.72. The first kappa shape index (κ1) is 14.9. The molecule has 2 amide bonds. The number of nitrogens with zero attached hydrogens (tertiary/aromatic N) is 2. The number of hydrogen-bond acceptors (Lipinski definition) is 3. The van der Waals surface area contributed by atoms with E-state index in [1.165, 1.54) is 0 Å². The lowest BCUT2D eigenvalue weighted by Crippen LogP contribution is -2.42. The van der Waals surface area contributed by atoms with Gasteiger partial charge in [-0.3, -0.25) is 14.9 Å². The predicted octanol–water partition coefficient (Wildman–Crippen LogP) is -0.0789. The molecule has 0 aromatic carbocycles. The summed E-state index contributed by atoms with van der Waals surface area (Å²) in [5.74, 6) is 0.00412. The normalized spacial score (nSPS) is 10.4. The van der Waals surface area contributed by atoms with Gasteiger partial charge >= 0.3 is 0 Å². The van der Waals surface area contributed by atoms with Gasteiger partial charge in [-0.2, -0.15) is 0 Å². The molecule has 5 heteroatoms. The fourth-order valence-corrected chi connectivity index (χ4v) is 1.00. The van der Waals surface area contributed by atoms with Gasteiger partial charge in [0.05, 0.1) is 13.1 Å². The van der Waals surface area contributed by atoms with Gasteiger partial charge in [-0.25, -0.2) is 0 Å². The molecular formula is C11H23N3O2. The van der Waals surface area contributed by atoms with E-state index in [1.54, 1.807) is 23.9 Å². The lowest BCUT2D eigenvalue weighted by atomic mass is 10.3. The van der Waals surface area contributed by atoms with E-state index < -0.39 is 0 Å². The van der Waals surface area contributed by atoms with E-state index in [4.69, 9.17) is 0 Å².